The maximum absolute atomic E-state index is 14.0. The van der Waals surface area contributed by atoms with Gasteiger partial charge in [-0.05, 0) is 60.4 Å². The standard InChI is InChI=1S/C30H31F3N6O2/c1-21-4-5-23(17-22(21)6-9-26-19-35-28(36-26)3-2-10-34)29(41)37-25-8-7-24(27(18-25)30(31,32)33)20-39-13-11-38(12-14-39)15-16-40/h2-5,7-8,10,17-19,34,40H,11-16,20H2,1H3,(H,35,36)(H,37,41)/b3-2-,34-10?. The topological polar surface area (TPSA) is 108 Å². The minimum Gasteiger partial charge on any atom is -0.395 e. The molecule has 1 saturated heterocycles. The Balaban J connectivity index is 1.48. The number of amides is 1. The van der Waals surface area contributed by atoms with Crippen LogP contribution in [0.25, 0.3) is 6.08 Å². The Morgan fingerprint density at radius 2 is 1.90 bits per heavy atom. The molecule has 0 radical (unpaired) electrons. The number of nitrogens with one attached hydrogen (secondary N) is 3. The highest BCUT2D eigenvalue weighted by molar-refractivity contribution is 6.04. The third-order valence-corrected chi connectivity index (χ3v) is 6.73. The van der Waals surface area contributed by atoms with Crippen LogP contribution in [0, 0.1) is 24.2 Å². The molecule has 0 aliphatic carbocycles. The van der Waals surface area contributed by atoms with Crippen molar-refractivity contribution in [3.63, 3.8) is 0 Å². The molecule has 0 atom stereocenters. The number of alkyl halides is 3. The van der Waals surface area contributed by atoms with Crippen LogP contribution in [0.5, 0.6) is 0 Å². The molecule has 3 aromatic rings. The van der Waals surface area contributed by atoms with Gasteiger partial charge in [-0.3, -0.25) is 14.6 Å². The molecule has 1 aliphatic heterocycles. The molecule has 1 amide bonds. The molecule has 8 nitrogen and oxygen atoms in total. The van der Waals surface area contributed by atoms with Crippen molar-refractivity contribution in [3.8, 4) is 11.8 Å². The van der Waals surface area contributed by atoms with Crippen LogP contribution in [0.3, 0.4) is 0 Å². The number of imidazole rings is 1. The Labute approximate surface area is 236 Å². The average molecular weight is 565 g/mol. The summed E-state index contributed by atoms with van der Waals surface area (Å²) in [5, 5.41) is 18.7. The zero-order valence-electron chi connectivity index (χ0n) is 22.6. The lowest BCUT2D eigenvalue weighted by atomic mass is 10.0. The Bertz CT molecular complexity index is 1480. The fourth-order valence-corrected chi connectivity index (χ4v) is 4.47. The smallest absolute Gasteiger partial charge is 0.395 e. The number of rotatable bonds is 8. The monoisotopic (exact) mass is 564 g/mol. The molecule has 0 saturated carbocycles. The van der Waals surface area contributed by atoms with Crippen molar-refractivity contribution in [2.75, 3.05) is 44.6 Å². The van der Waals surface area contributed by atoms with Gasteiger partial charge in [0.25, 0.3) is 5.91 Å². The second kappa shape index (κ2) is 13.4. The summed E-state index contributed by atoms with van der Waals surface area (Å²) in [6.07, 6.45) is 1.27. The Kier molecular flexibility index (Phi) is 9.73. The molecule has 4 N–H and O–H groups in total. The van der Waals surface area contributed by atoms with E-state index < -0.39 is 17.6 Å². The molecule has 11 heteroatoms. The highest BCUT2D eigenvalue weighted by Gasteiger charge is 2.34. The van der Waals surface area contributed by atoms with Crippen LogP contribution < -0.4 is 5.32 Å². The molecular weight excluding hydrogens is 533 g/mol. The lowest BCUT2D eigenvalue weighted by molar-refractivity contribution is -0.138. The van der Waals surface area contributed by atoms with Gasteiger partial charge in [-0.15, -0.1) is 0 Å². The molecule has 0 bridgehead atoms. The van der Waals surface area contributed by atoms with E-state index in [1.807, 2.05) is 11.8 Å². The summed E-state index contributed by atoms with van der Waals surface area (Å²) in [5.41, 5.74) is 1.66. The fraction of sp³-hybridized carbons (Fsp3) is 0.300. The van der Waals surface area contributed by atoms with E-state index in [4.69, 9.17) is 10.5 Å². The summed E-state index contributed by atoms with van der Waals surface area (Å²) < 4.78 is 42.0. The summed E-state index contributed by atoms with van der Waals surface area (Å²) in [7, 11) is 0. The van der Waals surface area contributed by atoms with E-state index >= 15 is 0 Å². The third kappa shape index (κ3) is 8.14. The zero-order chi connectivity index (χ0) is 29.4. The first-order valence-corrected chi connectivity index (χ1v) is 13.1. The maximum Gasteiger partial charge on any atom is 0.416 e. The number of carbonyl (C=O) groups is 1. The Morgan fingerprint density at radius 3 is 2.61 bits per heavy atom. The number of hydrogen-bond acceptors (Lipinski definition) is 6. The number of aromatic amines is 1. The van der Waals surface area contributed by atoms with Crippen molar-refractivity contribution >= 4 is 23.9 Å². The maximum atomic E-state index is 14.0. The highest BCUT2D eigenvalue weighted by Crippen LogP contribution is 2.34. The summed E-state index contributed by atoms with van der Waals surface area (Å²) in [6, 6.07) is 8.81. The number of benzene rings is 2. The van der Waals surface area contributed by atoms with Crippen LogP contribution in [0.2, 0.25) is 0 Å². The summed E-state index contributed by atoms with van der Waals surface area (Å²) in [4.78, 5) is 24.2. The molecule has 0 spiro atoms. The van der Waals surface area contributed by atoms with Crippen LogP contribution in [0.1, 0.15) is 44.1 Å². The van der Waals surface area contributed by atoms with E-state index in [0.717, 1.165) is 17.8 Å². The summed E-state index contributed by atoms with van der Waals surface area (Å²) in [6.45, 7) is 5.19. The van der Waals surface area contributed by atoms with Gasteiger partial charge in [0.2, 0.25) is 0 Å². The third-order valence-electron chi connectivity index (χ3n) is 6.73. The average Bonchev–Trinajstić information content (AvgIpc) is 3.40. The molecule has 214 valence electrons. The second-order valence-electron chi connectivity index (χ2n) is 9.65. The summed E-state index contributed by atoms with van der Waals surface area (Å²) >= 11 is 0. The first kappa shape index (κ1) is 29.7. The number of H-pyrrole nitrogens is 1. The van der Waals surface area contributed by atoms with Crippen LogP contribution in [-0.2, 0) is 12.7 Å². The number of aliphatic hydroxyl groups is 1. The van der Waals surface area contributed by atoms with E-state index in [0.29, 0.717) is 49.8 Å². The van der Waals surface area contributed by atoms with Crippen LogP contribution in [0.4, 0.5) is 18.9 Å². The van der Waals surface area contributed by atoms with Gasteiger partial charge in [0.1, 0.15) is 11.5 Å². The van der Waals surface area contributed by atoms with Crippen LogP contribution >= 0.6 is 0 Å². The molecule has 1 fully saturated rings. The number of β-amino-alcohol motifs (C(OH)–C–C–N with tert-alkyl or cyclic N) is 1. The van der Waals surface area contributed by atoms with Gasteiger partial charge in [-0.2, -0.15) is 13.2 Å². The minimum absolute atomic E-state index is 0.0509. The van der Waals surface area contributed by atoms with Crippen molar-refractivity contribution in [3.05, 3.63) is 88.0 Å². The number of carbonyl (C=O) groups excluding carboxylic acids is 1. The normalized spacial score (nSPS) is 14.6. The van der Waals surface area contributed by atoms with Crippen LogP contribution in [0.15, 0.2) is 48.7 Å². The molecule has 41 heavy (non-hydrogen) atoms. The van der Waals surface area contributed by atoms with Gasteiger partial charge in [0, 0.05) is 62.3 Å². The Morgan fingerprint density at radius 1 is 1.15 bits per heavy atom. The minimum atomic E-state index is -4.58. The number of nitrogens with zero attached hydrogens (tertiary/aromatic N) is 3. The van der Waals surface area contributed by atoms with Crippen molar-refractivity contribution < 1.29 is 23.1 Å². The molecular formula is C30H31F3N6O2. The van der Waals surface area contributed by atoms with E-state index in [1.165, 1.54) is 18.2 Å². The van der Waals surface area contributed by atoms with Gasteiger partial charge in [0.05, 0.1) is 18.4 Å². The first-order valence-electron chi connectivity index (χ1n) is 13.1. The molecule has 2 heterocycles. The van der Waals surface area contributed by atoms with E-state index in [-0.39, 0.29) is 30.0 Å². The molecule has 2 aromatic carbocycles. The van der Waals surface area contributed by atoms with Gasteiger partial charge in [-0.25, -0.2) is 4.98 Å². The lowest BCUT2D eigenvalue weighted by Gasteiger charge is -2.34. The number of piperazine rings is 1. The molecule has 0 unspecified atom stereocenters. The van der Waals surface area contributed by atoms with E-state index in [1.54, 1.807) is 30.5 Å². The fourth-order valence-electron chi connectivity index (χ4n) is 4.47. The molecule has 1 aromatic heterocycles. The molecule has 4 rings (SSSR count). The number of anilines is 1. The van der Waals surface area contributed by atoms with Crippen molar-refractivity contribution in [1.82, 2.24) is 19.8 Å². The number of hydrogen-bond donors (Lipinski definition) is 4. The largest absolute Gasteiger partial charge is 0.416 e. The number of aliphatic hydroxyl groups excluding tert-OH is 1. The first-order chi connectivity index (χ1) is 19.7. The number of aryl methyl sites for hydroxylation is 1. The zero-order valence-corrected chi connectivity index (χ0v) is 22.6. The van der Waals surface area contributed by atoms with E-state index in [2.05, 4.69) is 32.0 Å². The van der Waals surface area contributed by atoms with Crippen LogP contribution in [-0.4, -0.2) is 76.3 Å². The lowest BCUT2D eigenvalue weighted by Crippen LogP contribution is -2.46. The predicted molar refractivity (Wildman–Crippen MR) is 152 cm³/mol. The van der Waals surface area contributed by atoms with Crippen molar-refractivity contribution in [1.29, 1.82) is 5.41 Å². The quantitative estimate of drug-likeness (QED) is 0.243. The van der Waals surface area contributed by atoms with Gasteiger partial charge < -0.3 is 20.8 Å². The number of halogens is 3. The van der Waals surface area contributed by atoms with Gasteiger partial charge in [-0.1, -0.05) is 18.1 Å². The van der Waals surface area contributed by atoms with Crippen molar-refractivity contribution in [2.24, 2.45) is 0 Å². The predicted octanol–water partition coefficient (Wildman–Crippen LogP) is 4.16. The van der Waals surface area contributed by atoms with Gasteiger partial charge >= 0.3 is 6.18 Å². The SMILES string of the molecule is Cc1ccc(C(=O)Nc2ccc(CN3CCN(CCO)CC3)c(C(F)(F)F)c2)cc1C#Cc1cnc(/C=C\C=N)[nH]1. The Hall–Kier alpha value is -4.24. The number of allylic oxidation sites excluding steroid dienone is 1. The van der Waals surface area contributed by atoms with Gasteiger partial charge in [0.15, 0.2) is 0 Å². The second-order valence-corrected chi connectivity index (χ2v) is 9.65. The summed E-state index contributed by atoms with van der Waals surface area (Å²) in [5.74, 6) is 5.96. The highest BCUT2D eigenvalue weighted by atomic mass is 19.4. The number of aromatic nitrogens is 2. The van der Waals surface area contributed by atoms with Crippen molar-refractivity contribution in [2.45, 2.75) is 19.6 Å². The molecule has 1 aliphatic rings. The van der Waals surface area contributed by atoms with E-state index in [9.17, 15) is 18.0 Å².